The van der Waals surface area contributed by atoms with Gasteiger partial charge < -0.3 is 0 Å². The van der Waals surface area contributed by atoms with Crippen LogP contribution >= 0.6 is 53.9 Å². The van der Waals surface area contributed by atoms with Crippen molar-refractivity contribution in [3.8, 4) is 0 Å². The van der Waals surface area contributed by atoms with Crippen molar-refractivity contribution >= 4 is 53.9 Å². The summed E-state index contributed by atoms with van der Waals surface area (Å²) >= 11 is -13.3. The van der Waals surface area contributed by atoms with Gasteiger partial charge in [-0.2, -0.15) is 0 Å². The average Bonchev–Trinajstić information content (AvgIpc) is 2.66. The van der Waals surface area contributed by atoms with Gasteiger partial charge in [0.15, 0.2) is 0 Å². The summed E-state index contributed by atoms with van der Waals surface area (Å²) in [7, 11) is 8.99. The van der Waals surface area contributed by atoms with E-state index >= 15 is 0 Å². The Morgan fingerprint density at radius 2 is 1.17 bits per heavy atom. The molecule has 1 fully saturated rings. The van der Waals surface area contributed by atoms with Gasteiger partial charge in [0.2, 0.25) is 0 Å². The third-order valence-electron chi connectivity index (χ3n) is 3.03. The number of alkyl halides is 6. The van der Waals surface area contributed by atoms with Crippen LogP contribution in [-0.4, -0.2) is 65.9 Å². The summed E-state index contributed by atoms with van der Waals surface area (Å²) in [4.78, 5) is 12.3. The van der Waals surface area contributed by atoms with Crippen molar-refractivity contribution in [2.45, 2.75) is 27.7 Å². The summed E-state index contributed by atoms with van der Waals surface area (Å²) in [6.07, 6.45) is 0. The van der Waals surface area contributed by atoms with Gasteiger partial charge >= 0.3 is 216 Å². The third kappa shape index (κ3) is 11.8. The fourth-order valence-corrected chi connectivity index (χ4v) is 84.5. The van der Waals surface area contributed by atoms with E-state index in [-0.39, 0.29) is 0 Å². The molecule has 0 N–H and O–H groups in total. The number of thiol groups is 1. The normalized spacial score (nSPS) is 38.9. The zero-order chi connectivity index (χ0) is 23.3. The van der Waals surface area contributed by atoms with Crippen molar-refractivity contribution in [2.24, 2.45) is 0 Å². The zero-order valence-electron chi connectivity index (χ0n) is 19.4. The molecule has 0 aliphatic carbocycles. The Kier molecular flexibility index (Phi) is 13.9. The number of rotatable bonds is 8. The molecule has 0 saturated carbocycles. The number of hydrogen-bond donors (Lipinski definition) is 1. The van der Waals surface area contributed by atoms with E-state index in [0.717, 1.165) is 26.2 Å². The molecule has 0 amide bonds. The quantitative estimate of drug-likeness (QED) is 0.0865. The Morgan fingerprint density at radius 3 is 1.60 bits per heavy atom. The van der Waals surface area contributed by atoms with Gasteiger partial charge in [-0.25, -0.2) is 0 Å². The van der Waals surface area contributed by atoms with Gasteiger partial charge in [-0.3, -0.25) is 0 Å². The van der Waals surface area contributed by atoms with E-state index in [2.05, 4.69) is 42.5 Å². The van der Waals surface area contributed by atoms with E-state index in [4.69, 9.17) is 25.1 Å². The summed E-state index contributed by atoms with van der Waals surface area (Å²) in [5, 5.41) is 3.85. The summed E-state index contributed by atoms with van der Waals surface area (Å²) in [5.41, 5.74) is 0. The second-order valence-electron chi connectivity index (χ2n) is 6.70. The van der Waals surface area contributed by atoms with E-state index in [9.17, 15) is 0 Å². The number of halogens is 4. The van der Waals surface area contributed by atoms with Gasteiger partial charge in [-0.15, -0.1) is 0 Å². The molecule has 1 aliphatic rings. The van der Waals surface area contributed by atoms with E-state index in [1.54, 1.807) is 0 Å². The molecule has 0 aromatic heterocycles. The molecule has 0 bridgehead atoms. The molecule has 0 aromatic carbocycles. The van der Waals surface area contributed by atoms with Crippen molar-refractivity contribution in [3.63, 3.8) is 0 Å². The molecule has 1 aliphatic heterocycles. The predicted octanol–water partition coefficient (Wildman–Crippen LogP) is -3.61. The van der Waals surface area contributed by atoms with Crippen molar-refractivity contribution in [1.29, 1.82) is 0 Å². The first kappa shape index (κ1) is 32.0. The van der Waals surface area contributed by atoms with Crippen LogP contribution in [0.3, 0.4) is 0 Å². The minimum atomic E-state index is -3.93. The second-order valence-corrected chi connectivity index (χ2v) is 58.4. The molecule has 2 atom stereocenters. The summed E-state index contributed by atoms with van der Waals surface area (Å²) in [6.45, 7) is 11.4. The standard InChI is InChI=1S/C14H39I4N2O6S4/c1-11-19(12-2)22-16(7)21-15(5,6)28-24-17(8,23-20(13-3)14-4)30-26-18(9,10,27)25-29-16/h27H,11-14H2,1-10H3/q-3. The summed E-state index contributed by atoms with van der Waals surface area (Å²) in [5.74, 6) is 0. The molecule has 1 heterocycles. The SMILES string of the molecule is CCN(CC)O[I-]1(C)OS[I-](C)(C)O[I-](C)(ON(CC)CC)SOI(C)(C)(S)OS1. The Labute approximate surface area is 212 Å². The van der Waals surface area contributed by atoms with Crippen molar-refractivity contribution in [3.05, 3.63) is 0 Å². The molecular weight excluding hydrogens is 928 g/mol. The van der Waals surface area contributed by atoms with Gasteiger partial charge in [0.25, 0.3) is 0 Å². The summed E-state index contributed by atoms with van der Waals surface area (Å²) in [6, 6.07) is 0. The van der Waals surface area contributed by atoms with Crippen molar-refractivity contribution in [2.75, 3.05) is 55.8 Å². The third-order valence-corrected chi connectivity index (χ3v) is 50.7. The number of nitrogens with zero attached hydrogens (tertiary/aromatic N) is 2. The molecule has 0 aromatic rings. The van der Waals surface area contributed by atoms with Crippen molar-refractivity contribution < 1.29 is 68.5 Å². The molecule has 2 unspecified atom stereocenters. The van der Waals surface area contributed by atoms with Crippen LogP contribution in [0.15, 0.2) is 0 Å². The van der Waals surface area contributed by atoms with Gasteiger partial charge in [0, 0.05) is 0 Å². The minimum absolute atomic E-state index is 0.773. The molecule has 8 nitrogen and oxygen atoms in total. The Hall–Kier alpha value is 4.00. The van der Waals surface area contributed by atoms with E-state index < -0.39 is 69.7 Å². The first-order chi connectivity index (χ1) is 13.6. The fraction of sp³-hybridized carbons (Fsp3) is 1.00. The molecule has 30 heavy (non-hydrogen) atoms. The predicted molar refractivity (Wildman–Crippen MR) is 134 cm³/mol. The maximum atomic E-state index is 6.74. The zero-order valence-corrected chi connectivity index (χ0v) is 31.3. The monoisotopic (exact) mass is 967 g/mol. The van der Waals surface area contributed by atoms with Crippen LogP contribution < -0.4 is 53.2 Å². The average molecular weight is 967 g/mol. The molecule has 16 heteroatoms. The number of hydrogen-bond acceptors (Lipinski definition) is 12. The van der Waals surface area contributed by atoms with Crippen LogP contribution in [-0.2, 0) is 15.3 Å². The van der Waals surface area contributed by atoms with Crippen LogP contribution in [0.25, 0.3) is 0 Å². The van der Waals surface area contributed by atoms with Gasteiger partial charge in [-0.1, -0.05) is 0 Å². The number of hydroxylamine groups is 4. The van der Waals surface area contributed by atoms with Gasteiger partial charge in [0.1, 0.15) is 0 Å². The van der Waals surface area contributed by atoms with Crippen LogP contribution in [0.5, 0.6) is 0 Å². The molecule has 1 rings (SSSR count). The van der Waals surface area contributed by atoms with Crippen LogP contribution in [0, 0.1) is 0 Å². The molecule has 1 saturated heterocycles. The first-order valence-corrected chi connectivity index (χ1v) is 41.1. The second kappa shape index (κ2) is 13.0. The fourth-order valence-electron chi connectivity index (χ4n) is 1.66. The maximum absolute atomic E-state index is 6.74. The van der Waals surface area contributed by atoms with Crippen LogP contribution in [0.2, 0.25) is 0 Å². The van der Waals surface area contributed by atoms with Gasteiger partial charge in [-0.05, 0) is 0 Å². The Bertz CT molecular complexity index is 556. The topological polar surface area (TPSA) is 61.9 Å². The molecule has 0 radical (unpaired) electrons. The Balaban J connectivity index is 3.21. The van der Waals surface area contributed by atoms with E-state index in [1.807, 2.05) is 24.9 Å². The summed E-state index contributed by atoms with van der Waals surface area (Å²) < 4.78 is 38.5. The molecule has 0 spiro atoms. The van der Waals surface area contributed by atoms with Crippen molar-refractivity contribution in [1.82, 2.24) is 10.1 Å². The Morgan fingerprint density at radius 1 is 0.767 bits per heavy atom. The van der Waals surface area contributed by atoms with E-state index in [1.165, 1.54) is 27.6 Å². The van der Waals surface area contributed by atoms with Gasteiger partial charge in [0.05, 0.1) is 0 Å². The molecular formula is C14H39I4N2O6S4-3. The molecule has 196 valence electrons. The van der Waals surface area contributed by atoms with Crippen LogP contribution in [0.4, 0.5) is 0 Å². The van der Waals surface area contributed by atoms with E-state index in [0.29, 0.717) is 0 Å². The van der Waals surface area contributed by atoms with Crippen LogP contribution in [0.1, 0.15) is 27.7 Å². The first-order valence-electron chi connectivity index (χ1n) is 8.94.